The number of amides is 3. The van der Waals surface area contributed by atoms with Crippen LogP contribution in [-0.2, 0) is 40.3 Å². The van der Waals surface area contributed by atoms with Crippen molar-refractivity contribution in [2.45, 2.75) is 45.7 Å². The smallest absolute Gasteiger partial charge is 0.270 e. The van der Waals surface area contributed by atoms with Gasteiger partial charge in [0.1, 0.15) is 17.5 Å². The highest BCUT2D eigenvalue weighted by Crippen LogP contribution is 2.35. The molecule has 12 nitrogen and oxygen atoms in total. The molecular formula is C36H39N7O5. The SMILES string of the molecule is COCCCC1(C(=O)N2CCc3c(cnc(C)c3C#N)C2)CNC(=O)c2c3ccccc3nn2CCNC(=O)COc2cccc(c2)C1. The highest BCUT2D eigenvalue weighted by atomic mass is 16.5. The number of aromatic nitrogens is 3. The number of hydrogen-bond acceptors (Lipinski definition) is 8. The van der Waals surface area contributed by atoms with Gasteiger partial charge in [0.2, 0.25) is 5.91 Å². The van der Waals surface area contributed by atoms with Gasteiger partial charge in [-0.05, 0) is 67.5 Å². The summed E-state index contributed by atoms with van der Waals surface area (Å²) in [6.07, 6.45) is 3.61. The van der Waals surface area contributed by atoms with Crippen LogP contribution < -0.4 is 15.4 Å². The minimum atomic E-state index is -1.06. The van der Waals surface area contributed by atoms with Crippen LogP contribution in [0.4, 0.5) is 0 Å². The number of nitrogens with zero attached hydrogens (tertiary/aromatic N) is 5. The van der Waals surface area contributed by atoms with Crippen molar-refractivity contribution >= 4 is 28.6 Å². The molecule has 0 radical (unpaired) electrons. The molecule has 248 valence electrons. The normalized spacial score (nSPS) is 18.6. The fourth-order valence-electron chi connectivity index (χ4n) is 6.81. The van der Waals surface area contributed by atoms with E-state index in [9.17, 15) is 19.6 Å². The Balaban J connectivity index is 1.41. The monoisotopic (exact) mass is 649 g/mol. The molecule has 2 N–H and O–H groups in total. The van der Waals surface area contributed by atoms with Crippen molar-refractivity contribution in [1.29, 1.82) is 5.26 Å². The number of ether oxygens (including phenoxy) is 2. The van der Waals surface area contributed by atoms with Crippen molar-refractivity contribution in [3.63, 3.8) is 0 Å². The molecule has 2 aliphatic rings. The van der Waals surface area contributed by atoms with Crippen LogP contribution in [0.3, 0.4) is 0 Å². The predicted octanol–water partition coefficient (Wildman–Crippen LogP) is 3.09. The van der Waals surface area contributed by atoms with Crippen LogP contribution in [0, 0.1) is 23.7 Å². The van der Waals surface area contributed by atoms with E-state index in [1.54, 1.807) is 24.1 Å². The number of rotatable bonds is 5. The van der Waals surface area contributed by atoms with Gasteiger partial charge in [0.15, 0.2) is 6.61 Å². The molecule has 1 unspecified atom stereocenters. The summed E-state index contributed by atoms with van der Waals surface area (Å²) in [5.74, 6) is -0.247. The lowest BCUT2D eigenvalue weighted by molar-refractivity contribution is -0.143. The lowest BCUT2D eigenvalue weighted by Gasteiger charge is -2.40. The number of carbonyl (C=O) groups is 3. The Morgan fingerprint density at radius 2 is 2.00 bits per heavy atom. The fourth-order valence-corrected chi connectivity index (χ4v) is 6.81. The van der Waals surface area contributed by atoms with Gasteiger partial charge in [-0.3, -0.25) is 24.0 Å². The maximum atomic E-state index is 14.9. The molecule has 0 fully saturated rings. The van der Waals surface area contributed by atoms with Crippen LogP contribution in [-0.4, -0.2) is 77.3 Å². The maximum Gasteiger partial charge on any atom is 0.270 e. The summed E-state index contributed by atoms with van der Waals surface area (Å²) >= 11 is 0. The van der Waals surface area contributed by atoms with E-state index in [1.165, 1.54) is 0 Å². The van der Waals surface area contributed by atoms with Crippen molar-refractivity contribution in [3.8, 4) is 11.8 Å². The summed E-state index contributed by atoms with van der Waals surface area (Å²) in [5.41, 5.74) is 3.82. The lowest BCUT2D eigenvalue weighted by atomic mass is 9.75. The highest BCUT2D eigenvalue weighted by Gasteiger charge is 2.43. The molecule has 2 aliphatic heterocycles. The van der Waals surface area contributed by atoms with E-state index in [0.717, 1.165) is 16.7 Å². The molecular weight excluding hydrogens is 610 g/mol. The summed E-state index contributed by atoms with van der Waals surface area (Å²) < 4.78 is 12.9. The standard InChI is InChI=1S/C36H39N7O5/c1-24-30(19-37)28-11-14-42(21-26(28)20-39-24)35(46)36(12-6-16-47-2)18-25-7-5-8-27(17-25)48-22-32(44)38-13-15-43-33(34(45)40-23-36)29-9-3-4-10-31(29)41-43/h3-5,7-10,17,20H,6,11-16,18,21-23H2,1-2H3,(H,38,44)(H,40,45). The third-order valence-electron chi connectivity index (χ3n) is 9.22. The van der Waals surface area contributed by atoms with Gasteiger partial charge in [-0.2, -0.15) is 10.4 Å². The predicted molar refractivity (Wildman–Crippen MR) is 177 cm³/mol. The first-order valence-corrected chi connectivity index (χ1v) is 16.2. The first kappa shape index (κ1) is 32.7. The molecule has 0 aliphatic carbocycles. The van der Waals surface area contributed by atoms with Gasteiger partial charge in [-0.25, -0.2) is 0 Å². The Morgan fingerprint density at radius 3 is 2.83 bits per heavy atom. The Bertz CT molecular complexity index is 1900. The fraction of sp³-hybridized carbons (Fsp3) is 0.389. The molecule has 2 aromatic heterocycles. The maximum absolute atomic E-state index is 14.9. The lowest BCUT2D eigenvalue weighted by Crippen LogP contribution is -2.52. The third kappa shape index (κ3) is 6.73. The summed E-state index contributed by atoms with van der Waals surface area (Å²) in [7, 11) is 1.63. The van der Waals surface area contributed by atoms with E-state index in [-0.39, 0.29) is 44.0 Å². The van der Waals surface area contributed by atoms with Crippen molar-refractivity contribution < 1.29 is 23.9 Å². The van der Waals surface area contributed by atoms with E-state index >= 15 is 0 Å². The zero-order valence-corrected chi connectivity index (χ0v) is 27.3. The summed E-state index contributed by atoms with van der Waals surface area (Å²) in [5, 5.41) is 21.1. The zero-order chi connectivity index (χ0) is 33.7. The molecule has 3 amide bonds. The van der Waals surface area contributed by atoms with Crippen molar-refractivity contribution in [2.75, 3.05) is 40.0 Å². The number of carbonyl (C=O) groups excluding carboxylic acids is 3. The molecule has 0 saturated heterocycles. The molecule has 1 atom stereocenters. The second kappa shape index (κ2) is 14.2. The number of nitrogens with one attached hydrogen (secondary N) is 2. The van der Waals surface area contributed by atoms with Gasteiger partial charge in [0.25, 0.3) is 11.8 Å². The van der Waals surface area contributed by atoms with Crippen LogP contribution in [0.1, 0.15) is 51.3 Å². The number of aryl methyl sites for hydroxylation is 1. The Morgan fingerprint density at radius 1 is 1.15 bits per heavy atom. The summed E-state index contributed by atoms with van der Waals surface area (Å²) in [6, 6.07) is 17.1. The van der Waals surface area contributed by atoms with Gasteiger partial charge < -0.3 is 25.0 Å². The molecule has 4 heterocycles. The average molecular weight is 650 g/mol. The van der Waals surface area contributed by atoms with Crippen LogP contribution in [0.5, 0.6) is 5.75 Å². The van der Waals surface area contributed by atoms with Crippen LogP contribution in [0.25, 0.3) is 10.9 Å². The number of pyridine rings is 1. The molecule has 48 heavy (non-hydrogen) atoms. The summed E-state index contributed by atoms with van der Waals surface area (Å²) in [6.45, 7) is 3.40. The highest BCUT2D eigenvalue weighted by molar-refractivity contribution is 6.05. The third-order valence-corrected chi connectivity index (χ3v) is 9.22. The first-order chi connectivity index (χ1) is 23.3. The quantitative estimate of drug-likeness (QED) is 0.313. The van der Waals surface area contributed by atoms with Gasteiger partial charge in [-0.15, -0.1) is 0 Å². The molecule has 4 aromatic rings. The Hall–Kier alpha value is -5.28. The summed E-state index contributed by atoms with van der Waals surface area (Å²) in [4.78, 5) is 48.0. The van der Waals surface area contributed by atoms with Gasteiger partial charge in [0.05, 0.1) is 28.7 Å². The van der Waals surface area contributed by atoms with Crippen molar-refractivity contribution in [1.82, 2.24) is 30.3 Å². The minimum absolute atomic E-state index is 0.0641. The van der Waals surface area contributed by atoms with E-state index < -0.39 is 5.41 Å². The molecule has 2 bridgehead atoms. The first-order valence-electron chi connectivity index (χ1n) is 16.2. The minimum Gasteiger partial charge on any atom is -0.484 e. The number of benzene rings is 2. The van der Waals surface area contributed by atoms with Gasteiger partial charge in [-0.1, -0.05) is 30.3 Å². The average Bonchev–Trinajstić information content (AvgIpc) is 3.47. The van der Waals surface area contributed by atoms with E-state index in [1.807, 2.05) is 54.3 Å². The molecule has 0 spiro atoms. The zero-order valence-electron chi connectivity index (χ0n) is 27.3. The van der Waals surface area contributed by atoms with Crippen LogP contribution >= 0.6 is 0 Å². The second-order valence-corrected chi connectivity index (χ2v) is 12.4. The number of hydrogen-bond donors (Lipinski definition) is 2. The van der Waals surface area contributed by atoms with Gasteiger partial charge in [0, 0.05) is 51.5 Å². The molecule has 0 saturated carbocycles. The molecule has 6 rings (SSSR count). The van der Waals surface area contributed by atoms with E-state index in [4.69, 9.17) is 9.47 Å². The largest absolute Gasteiger partial charge is 0.484 e. The topological polar surface area (TPSA) is 151 Å². The van der Waals surface area contributed by atoms with Crippen molar-refractivity contribution in [3.05, 3.63) is 88.4 Å². The Labute approximate surface area is 279 Å². The Kier molecular flexibility index (Phi) is 9.68. The van der Waals surface area contributed by atoms with Crippen LogP contribution in [0.2, 0.25) is 0 Å². The number of nitriles is 1. The van der Waals surface area contributed by atoms with E-state index in [0.29, 0.717) is 79.0 Å². The van der Waals surface area contributed by atoms with E-state index in [2.05, 4.69) is 26.8 Å². The van der Waals surface area contributed by atoms with Crippen LogP contribution in [0.15, 0.2) is 54.7 Å². The number of methoxy groups -OCH3 is 1. The number of fused-ring (bicyclic) bond motifs is 6. The van der Waals surface area contributed by atoms with Crippen molar-refractivity contribution in [2.24, 2.45) is 5.41 Å². The molecule has 2 aromatic carbocycles. The molecule has 12 heteroatoms. The second-order valence-electron chi connectivity index (χ2n) is 12.4. The van der Waals surface area contributed by atoms with Gasteiger partial charge >= 0.3 is 0 Å².